The number of aryl methyl sites for hydroxylation is 1. The largest absolute Gasteiger partial charge is 0.492 e. The van der Waals surface area contributed by atoms with Gasteiger partial charge in [0.2, 0.25) is 0 Å². The fraction of sp³-hybridized carbons (Fsp3) is 0.308. The molecule has 6 heteroatoms. The molecule has 0 aliphatic carbocycles. The van der Waals surface area contributed by atoms with Gasteiger partial charge in [-0.2, -0.15) is 0 Å². The van der Waals surface area contributed by atoms with Gasteiger partial charge in [-0.05, 0) is 12.1 Å². The molecule has 0 saturated heterocycles. The van der Waals surface area contributed by atoms with Crippen LogP contribution in [0.3, 0.4) is 0 Å². The highest BCUT2D eigenvalue weighted by Crippen LogP contribution is 2.08. The molecule has 0 spiro atoms. The van der Waals surface area contributed by atoms with Crippen molar-refractivity contribution in [1.29, 1.82) is 0 Å². The van der Waals surface area contributed by atoms with Crippen LogP contribution in [0.5, 0.6) is 5.75 Å². The highest BCUT2D eigenvalue weighted by molar-refractivity contribution is 5.66. The van der Waals surface area contributed by atoms with Gasteiger partial charge in [0.25, 0.3) is 0 Å². The number of benzene rings is 1. The molecule has 1 aromatic carbocycles. The molecule has 0 unspecified atom stereocenters. The van der Waals surface area contributed by atoms with Crippen LogP contribution in [0, 0.1) is 0 Å². The zero-order valence-corrected chi connectivity index (χ0v) is 10.4. The van der Waals surface area contributed by atoms with Crippen LogP contribution in [0.4, 0.5) is 0 Å². The first-order valence-corrected chi connectivity index (χ1v) is 6.03. The fourth-order valence-corrected chi connectivity index (χ4v) is 1.57. The van der Waals surface area contributed by atoms with E-state index >= 15 is 0 Å². The van der Waals surface area contributed by atoms with Crippen molar-refractivity contribution >= 4 is 5.97 Å². The van der Waals surface area contributed by atoms with E-state index in [2.05, 4.69) is 10.3 Å². The van der Waals surface area contributed by atoms with Crippen molar-refractivity contribution in [2.45, 2.75) is 19.4 Å². The van der Waals surface area contributed by atoms with E-state index in [0.717, 1.165) is 5.75 Å². The van der Waals surface area contributed by atoms with Gasteiger partial charge in [0.15, 0.2) is 0 Å². The average molecular weight is 261 g/mol. The number of nitrogens with zero attached hydrogens (tertiary/aromatic N) is 3. The van der Waals surface area contributed by atoms with Crippen LogP contribution in [0.25, 0.3) is 0 Å². The van der Waals surface area contributed by atoms with Crippen LogP contribution in [0.2, 0.25) is 0 Å². The molecule has 1 heterocycles. The minimum atomic E-state index is -0.832. The molecule has 1 aromatic heterocycles. The monoisotopic (exact) mass is 261 g/mol. The lowest BCUT2D eigenvalue weighted by molar-refractivity contribution is -0.136. The second-order valence-electron chi connectivity index (χ2n) is 4.03. The molecular formula is C13H15N3O3. The standard InChI is InChI=1S/C13H15N3O3/c17-13(18)7-6-11-10-16(15-14-11)8-9-19-12-4-2-1-3-5-12/h1-5,10H,6-9H2,(H,17,18). The van der Waals surface area contributed by atoms with Crippen molar-refractivity contribution in [3.63, 3.8) is 0 Å². The normalized spacial score (nSPS) is 10.3. The molecule has 2 rings (SSSR count). The number of carboxylic acid groups (broad SMARTS) is 1. The summed E-state index contributed by atoms with van der Waals surface area (Å²) in [6.07, 6.45) is 2.21. The third-order valence-corrected chi connectivity index (χ3v) is 2.51. The molecule has 19 heavy (non-hydrogen) atoms. The maximum atomic E-state index is 10.4. The first kappa shape index (κ1) is 13.1. The van der Waals surface area contributed by atoms with Gasteiger partial charge in [-0.15, -0.1) is 5.10 Å². The van der Waals surface area contributed by atoms with Crippen LogP contribution >= 0.6 is 0 Å². The summed E-state index contributed by atoms with van der Waals surface area (Å²) in [6, 6.07) is 9.53. The highest BCUT2D eigenvalue weighted by atomic mass is 16.5. The first-order chi connectivity index (χ1) is 9.24. The van der Waals surface area contributed by atoms with Crippen LogP contribution < -0.4 is 4.74 Å². The number of carbonyl (C=O) groups is 1. The molecule has 1 N–H and O–H groups in total. The molecule has 0 fully saturated rings. The Morgan fingerprint density at radius 3 is 2.84 bits per heavy atom. The van der Waals surface area contributed by atoms with Crippen molar-refractivity contribution in [1.82, 2.24) is 15.0 Å². The Kier molecular flexibility index (Phi) is 4.49. The fourth-order valence-electron chi connectivity index (χ4n) is 1.57. The van der Waals surface area contributed by atoms with Crippen molar-refractivity contribution in [3.05, 3.63) is 42.2 Å². The third-order valence-electron chi connectivity index (χ3n) is 2.51. The molecule has 2 aromatic rings. The minimum absolute atomic E-state index is 0.0687. The van der Waals surface area contributed by atoms with Gasteiger partial charge in [0, 0.05) is 12.6 Å². The maximum Gasteiger partial charge on any atom is 0.303 e. The molecular weight excluding hydrogens is 246 g/mol. The van der Waals surface area contributed by atoms with Crippen molar-refractivity contribution < 1.29 is 14.6 Å². The van der Waals surface area contributed by atoms with Gasteiger partial charge < -0.3 is 9.84 Å². The Morgan fingerprint density at radius 2 is 2.11 bits per heavy atom. The van der Waals surface area contributed by atoms with Crippen molar-refractivity contribution in [2.75, 3.05) is 6.61 Å². The number of para-hydroxylation sites is 1. The Hall–Kier alpha value is -2.37. The zero-order valence-electron chi connectivity index (χ0n) is 10.4. The second kappa shape index (κ2) is 6.53. The highest BCUT2D eigenvalue weighted by Gasteiger charge is 2.04. The smallest absolute Gasteiger partial charge is 0.303 e. The molecule has 0 bridgehead atoms. The van der Waals surface area contributed by atoms with E-state index in [0.29, 0.717) is 25.3 Å². The van der Waals surface area contributed by atoms with Crippen molar-refractivity contribution in [3.8, 4) is 5.75 Å². The van der Waals surface area contributed by atoms with E-state index in [-0.39, 0.29) is 6.42 Å². The predicted octanol–water partition coefficient (Wildman–Crippen LogP) is 1.37. The predicted molar refractivity (Wildman–Crippen MR) is 67.9 cm³/mol. The molecule has 6 nitrogen and oxygen atoms in total. The van der Waals surface area contributed by atoms with Gasteiger partial charge in [-0.25, -0.2) is 4.68 Å². The number of rotatable bonds is 7. The van der Waals surface area contributed by atoms with E-state index in [4.69, 9.17) is 9.84 Å². The third kappa shape index (κ3) is 4.42. The summed E-state index contributed by atoms with van der Waals surface area (Å²) in [4.78, 5) is 10.4. The van der Waals surface area contributed by atoms with E-state index in [1.165, 1.54) is 0 Å². The van der Waals surface area contributed by atoms with E-state index in [1.54, 1.807) is 10.9 Å². The molecule has 0 amide bonds. The summed E-state index contributed by atoms with van der Waals surface area (Å²) in [5.74, 6) is -0.0179. The van der Waals surface area contributed by atoms with Gasteiger partial charge >= 0.3 is 5.97 Å². The number of hydrogen-bond donors (Lipinski definition) is 1. The molecule has 0 aliphatic heterocycles. The minimum Gasteiger partial charge on any atom is -0.492 e. The summed E-state index contributed by atoms with van der Waals surface area (Å²) >= 11 is 0. The lowest BCUT2D eigenvalue weighted by Crippen LogP contribution is -2.08. The topological polar surface area (TPSA) is 77.2 Å². The Labute approximate surface area is 110 Å². The van der Waals surface area contributed by atoms with Gasteiger partial charge in [-0.1, -0.05) is 23.4 Å². The second-order valence-corrected chi connectivity index (χ2v) is 4.03. The van der Waals surface area contributed by atoms with Crippen LogP contribution in [0.1, 0.15) is 12.1 Å². The van der Waals surface area contributed by atoms with Crippen LogP contribution in [-0.2, 0) is 17.8 Å². The molecule has 0 atom stereocenters. The maximum absolute atomic E-state index is 10.4. The Bertz CT molecular complexity index is 525. The molecule has 100 valence electrons. The number of ether oxygens (including phenoxy) is 1. The zero-order chi connectivity index (χ0) is 13.5. The average Bonchev–Trinajstić information content (AvgIpc) is 2.86. The van der Waals surface area contributed by atoms with E-state index in [9.17, 15) is 4.79 Å². The number of aromatic nitrogens is 3. The molecule has 0 saturated carbocycles. The number of aliphatic carboxylic acids is 1. The Morgan fingerprint density at radius 1 is 1.32 bits per heavy atom. The Balaban J connectivity index is 1.76. The summed E-state index contributed by atoms with van der Waals surface area (Å²) in [5, 5.41) is 16.4. The SMILES string of the molecule is O=C(O)CCc1cn(CCOc2ccccc2)nn1. The summed E-state index contributed by atoms with van der Waals surface area (Å²) in [5.41, 5.74) is 0.683. The summed E-state index contributed by atoms with van der Waals surface area (Å²) in [6.45, 7) is 1.07. The van der Waals surface area contributed by atoms with Gasteiger partial charge in [0.1, 0.15) is 12.4 Å². The first-order valence-electron chi connectivity index (χ1n) is 6.03. The van der Waals surface area contributed by atoms with Crippen LogP contribution in [0.15, 0.2) is 36.5 Å². The van der Waals surface area contributed by atoms with Gasteiger partial charge in [-0.3, -0.25) is 4.79 Å². The molecule has 0 radical (unpaired) electrons. The lowest BCUT2D eigenvalue weighted by Gasteiger charge is -2.04. The lowest BCUT2D eigenvalue weighted by atomic mass is 10.2. The number of carboxylic acids is 1. The van der Waals surface area contributed by atoms with E-state index < -0.39 is 5.97 Å². The molecule has 0 aliphatic rings. The summed E-state index contributed by atoms with van der Waals surface area (Å²) in [7, 11) is 0. The summed E-state index contributed by atoms with van der Waals surface area (Å²) < 4.78 is 7.19. The van der Waals surface area contributed by atoms with Crippen molar-refractivity contribution in [2.24, 2.45) is 0 Å². The quantitative estimate of drug-likeness (QED) is 0.814. The van der Waals surface area contributed by atoms with E-state index in [1.807, 2.05) is 30.3 Å². The van der Waals surface area contributed by atoms with Gasteiger partial charge in [0.05, 0.1) is 18.7 Å². The number of hydrogen-bond acceptors (Lipinski definition) is 4. The van der Waals surface area contributed by atoms with Crippen LogP contribution in [-0.4, -0.2) is 32.7 Å².